The lowest BCUT2D eigenvalue weighted by atomic mass is 10.0. The van der Waals surface area contributed by atoms with Gasteiger partial charge in [-0.25, -0.2) is 9.59 Å². The van der Waals surface area contributed by atoms with Gasteiger partial charge < -0.3 is 51.6 Å². The molecule has 0 bridgehead atoms. The van der Waals surface area contributed by atoms with Crippen molar-refractivity contribution in [3.8, 4) is 0 Å². The predicted octanol–water partition coefficient (Wildman–Crippen LogP) is 1.54. The molecular formula is C44H52ClN9O11. The summed E-state index contributed by atoms with van der Waals surface area (Å²) in [5.74, 6) is -3.64. The predicted molar refractivity (Wildman–Crippen MR) is 235 cm³/mol. The number of piperidine rings is 1. The summed E-state index contributed by atoms with van der Waals surface area (Å²) in [5.41, 5.74) is 3.08. The lowest BCUT2D eigenvalue weighted by molar-refractivity contribution is -0.137. The molecular weight excluding hydrogens is 866 g/mol. The molecule has 2 heterocycles. The summed E-state index contributed by atoms with van der Waals surface area (Å²) in [7, 11) is 0. The average molecular weight is 918 g/mol. The van der Waals surface area contributed by atoms with Crippen molar-refractivity contribution < 1.29 is 52.6 Å². The van der Waals surface area contributed by atoms with Gasteiger partial charge in [-0.3, -0.25) is 38.9 Å². The molecule has 0 saturated carbocycles. The Morgan fingerprint density at radius 3 is 2.28 bits per heavy atom. The van der Waals surface area contributed by atoms with Gasteiger partial charge in [0.1, 0.15) is 31.0 Å². The Bertz CT molecular complexity index is 2290. The Morgan fingerprint density at radius 2 is 1.55 bits per heavy atom. The van der Waals surface area contributed by atoms with Gasteiger partial charge in [-0.05, 0) is 74.1 Å². The molecule has 346 valence electrons. The van der Waals surface area contributed by atoms with Crippen LogP contribution in [-0.2, 0) is 64.2 Å². The average Bonchev–Trinajstić information content (AvgIpc) is 3.57. The number of anilines is 1. The molecule has 0 spiro atoms. The summed E-state index contributed by atoms with van der Waals surface area (Å²) in [5, 5.41) is 20.4. The molecule has 5 rings (SSSR count). The number of imide groups is 1. The number of amides is 10. The molecule has 1 saturated heterocycles. The fraction of sp³-hybridized carbons (Fsp3) is 0.386. The summed E-state index contributed by atoms with van der Waals surface area (Å²) < 4.78 is 10.6. The number of hydrogen-bond acceptors (Lipinski definition) is 11. The first kappa shape index (κ1) is 49.0. The number of urea groups is 1. The molecule has 20 nitrogen and oxygen atoms in total. The first-order valence-electron chi connectivity index (χ1n) is 20.7. The van der Waals surface area contributed by atoms with Crippen LogP contribution in [0.3, 0.4) is 0 Å². The quantitative estimate of drug-likeness (QED) is 0.0486. The minimum absolute atomic E-state index is 0.0991. The van der Waals surface area contributed by atoms with E-state index in [0.29, 0.717) is 22.7 Å². The first-order valence-corrected chi connectivity index (χ1v) is 21.1. The van der Waals surface area contributed by atoms with Crippen LogP contribution in [0.1, 0.15) is 66.2 Å². The summed E-state index contributed by atoms with van der Waals surface area (Å²) in [6.07, 6.45) is 0.108. The molecule has 3 aromatic carbocycles. The fourth-order valence-electron chi connectivity index (χ4n) is 6.67. The van der Waals surface area contributed by atoms with E-state index >= 15 is 0 Å². The molecule has 0 aliphatic carbocycles. The van der Waals surface area contributed by atoms with Crippen LogP contribution in [0, 0.1) is 0 Å². The van der Waals surface area contributed by atoms with E-state index in [2.05, 4.69) is 42.5 Å². The van der Waals surface area contributed by atoms with Crippen LogP contribution in [0.5, 0.6) is 0 Å². The van der Waals surface area contributed by atoms with E-state index in [1.807, 2.05) is 0 Å². The van der Waals surface area contributed by atoms with Gasteiger partial charge in [0.2, 0.25) is 35.4 Å². The van der Waals surface area contributed by atoms with Crippen molar-refractivity contribution in [2.24, 2.45) is 0 Å². The largest absolute Gasteiger partial charge is 0.444 e. The van der Waals surface area contributed by atoms with Gasteiger partial charge in [0.05, 0.1) is 19.7 Å². The highest BCUT2D eigenvalue weighted by Crippen LogP contribution is 2.28. The van der Waals surface area contributed by atoms with Crippen molar-refractivity contribution in [3.63, 3.8) is 0 Å². The number of ether oxygens (including phenoxy) is 2. The van der Waals surface area contributed by atoms with Crippen molar-refractivity contribution >= 4 is 70.8 Å². The maximum absolute atomic E-state index is 13.1. The monoisotopic (exact) mass is 917 g/mol. The Morgan fingerprint density at radius 1 is 0.831 bits per heavy atom. The molecule has 2 aliphatic rings. The Kier molecular flexibility index (Phi) is 17.4. The van der Waals surface area contributed by atoms with Crippen molar-refractivity contribution in [2.75, 3.05) is 38.3 Å². The number of benzene rings is 3. The maximum Gasteiger partial charge on any atom is 0.408 e. The number of carbonyl (C=O) groups is 9. The molecule has 1 unspecified atom stereocenters. The third-order valence-corrected chi connectivity index (χ3v) is 10.2. The minimum Gasteiger partial charge on any atom is -0.444 e. The van der Waals surface area contributed by atoms with Crippen molar-refractivity contribution in [3.05, 3.63) is 99.6 Å². The molecule has 1 fully saturated rings. The molecule has 2 atom stereocenters. The topological polar surface area (TPSA) is 272 Å². The molecule has 65 heavy (non-hydrogen) atoms. The Hall–Kier alpha value is -7.06. The lowest BCUT2D eigenvalue weighted by Crippen LogP contribution is -2.52. The molecule has 21 heteroatoms. The number of hydrogen-bond donors (Lipinski definition) is 8. The SMILES string of the molecule is CC(C)(C)OC(=O)NCC(=O)NCC(=O)N[C@@H](Cc1ccccc1)C(=O)NCC(=O)NCOCCc1ccc(NC(=O)NCc2ccc3c(c2)CN(C2CCC(=O)NC2=O)C3=O)cc1Cl. The zero-order chi connectivity index (χ0) is 47.1. The number of halogens is 1. The highest BCUT2D eigenvalue weighted by molar-refractivity contribution is 6.31. The third-order valence-electron chi connectivity index (χ3n) is 9.83. The molecule has 0 aromatic heterocycles. The van der Waals surface area contributed by atoms with E-state index in [9.17, 15) is 43.2 Å². The smallest absolute Gasteiger partial charge is 0.408 e. The van der Waals surface area contributed by atoms with Crippen LogP contribution in [0.2, 0.25) is 5.02 Å². The number of nitrogens with one attached hydrogen (secondary N) is 8. The molecule has 2 aliphatic heterocycles. The second kappa shape index (κ2) is 23.0. The Labute approximate surface area is 379 Å². The number of nitrogens with zero attached hydrogens (tertiary/aromatic N) is 1. The number of rotatable bonds is 19. The van der Waals surface area contributed by atoms with Gasteiger partial charge in [0, 0.05) is 42.2 Å². The second-order valence-corrected chi connectivity index (χ2v) is 16.5. The third kappa shape index (κ3) is 15.6. The van der Waals surface area contributed by atoms with E-state index in [0.717, 1.165) is 22.3 Å². The van der Waals surface area contributed by atoms with Crippen LogP contribution in [0.4, 0.5) is 15.3 Å². The summed E-state index contributed by atoms with van der Waals surface area (Å²) in [4.78, 5) is 113. The van der Waals surface area contributed by atoms with Gasteiger partial charge in [0.25, 0.3) is 5.91 Å². The number of alkyl carbamates (subject to hydrolysis) is 1. The summed E-state index contributed by atoms with van der Waals surface area (Å²) >= 11 is 6.48. The van der Waals surface area contributed by atoms with E-state index in [1.54, 1.807) is 87.5 Å². The van der Waals surface area contributed by atoms with Crippen LogP contribution < -0.4 is 42.5 Å². The lowest BCUT2D eigenvalue weighted by Gasteiger charge is -2.29. The van der Waals surface area contributed by atoms with Crippen molar-refractivity contribution in [1.82, 2.24) is 42.1 Å². The van der Waals surface area contributed by atoms with E-state index < -0.39 is 79.0 Å². The van der Waals surface area contributed by atoms with Crippen LogP contribution in [0.15, 0.2) is 66.7 Å². The highest BCUT2D eigenvalue weighted by atomic mass is 35.5. The molecule has 8 N–H and O–H groups in total. The van der Waals surface area contributed by atoms with Crippen LogP contribution >= 0.6 is 11.6 Å². The van der Waals surface area contributed by atoms with Crippen LogP contribution in [0.25, 0.3) is 0 Å². The second-order valence-electron chi connectivity index (χ2n) is 16.1. The van der Waals surface area contributed by atoms with Gasteiger partial charge in [-0.1, -0.05) is 60.1 Å². The number of carbonyl (C=O) groups excluding carboxylic acids is 9. The summed E-state index contributed by atoms with van der Waals surface area (Å²) in [6.45, 7) is 4.09. The fourth-order valence-corrected chi connectivity index (χ4v) is 6.95. The van der Waals surface area contributed by atoms with Gasteiger partial charge in [-0.2, -0.15) is 0 Å². The van der Waals surface area contributed by atoms with Crippen molar-refractivity contribution in [1.29, 1.82) is 0 Å². The minimum atomic E-state index is -1.08. The normalized spacial score (nSPS) is 14.9. The van der Waals surface area contributed by atoms with E-state index in [4.69, 9.17) is 21.1 Å². The van der Waals surface area contributed by atoms with Gasteiger partial charge in [-0.15, -0.1) is 0 Å². The van der Waals surface area contributed by atoms with Gasteiger partial charge in [0.15, 0.2) is 0 Å². The van der Waals surface area contributed by atoms with E-state index in [1.165, 1.54) is 4.90 Å². The zero-order valence-electron chi connectivity index (χ0n) is 36.1. The van der Waals surface area contributed by atoms with E-state index in [-0.39, 0.29) is 57.5 Å². The molecule has 3 aromatic rings. The molecule has 10 amide bonds. The first-order chi connectivity index (χ1) is 30.9. The van der Waals surface area contributed by atoms with Crippen LogP contribution in [-0.4, -0.2) is 109 Å². The van der Waals surface area contributed by atoms with Gasteiger partial charge >= 0.3 is 12.1 Å². The highest BCUT2D eigenvalue weighted by Gasteiger charge is 2.39. The maximum atomic E-state index is 13.1. The zero-order valence-corrected chi connectivity index (χ0v) is 36.9. The molecule has 0 radical (unpaired) electrons. The van der Waals surface area contributed by atoms with Crippen molar-refractivity contribution in [2.45, 2.75) is 77.2 Å². The summed E-state index contributed by atoms with van der Waals surface area (Å²) in [6, 6.07) is 16.8. The number of fused-ring (bicyclic) bond motifs is 1. The Balaban J connectivity index is 0.981. The standard InChI is InChI=1S/C44H52ClN9O11/c1-44(2,3)65-43(63)49-22-36(56)46-23-38(58)52-33(18-26-7-5-4-6-8-26)39(59)47-21-37(57)50-25-64-16-15-28-10-11-30(19-32(28)45)51-42(62)48-20-27-9-12-31-29(17-27)24-54(41(31)61)34-13-14-35(55)53-40(34)60/h4-12,17,19,33-34H,13-16,18,20-25H2,1-3H3,(H,46,56)(H,47,59)(H,49,63)(H,50,57)(H,52,58)(H2,48,51,62)(H,53,55,60)/t33-,34?/m0/s1.